The van der Waals surface area contributed by atoms with Crippen LogP contribution in [0.25, 0.3) is 0 Å². The summed E-state index contributed by atoms with van der Waals surface area (Å²) in [5.41, 5.74) is 0. The van der Waals surface area contributed by atoms with Crippen LogP contribution in [0.3, 0.4) is 0 Å². The second-order valence-electron chi connectivity index (χ2n) is 14.8. The third kappa shape index (κ3) is 24.3. The number of phosphoric ester groups is 1. The minimum absolute atomic E-state index is 0.0895. The minimum atomic E-state index is -5.11. The fourth-order valence-corrected chi connectivity index (χ4v) is 7.36. The van der Waals surface area contributed by atoms with Gasteiger partial charge in [-0.3, -0.25) is 18.6 Å². The van der Waals surface area contributed by atoms with Crippen LogP contribution >= 0.6 is 7.82 Å². The summed E-state index contributed by atoms with van der Waals surface area (Å²) in [5.74, 6) is -1.11. The lowest BCUT2D eigenvalue weighted by atomic mass is 9.85. The van der Waals surface area contributed by atoms with Gasteiger partial charge in [0.15, 0.2) is 6.10 Å². The maximum Gasteiger partial charge on any atom is 0.472 e. The van der Waals surface area contributed by atoms with Crippen molar-refractivity contribution >= 4 is 19.8 Å². The van der Waals surface area contributed by atoms with Crippen LogP contribution in [0.2, 0.25) is 0 Å². The number of rotatable bonds is 34. The molecule has 0 amide bonds. The highest BCUT2D eigenvalue weighted by Gasteiger charge is 2.51. The Hall–Kier alpha value is -1.41. The van der Waals surface area contributed by atoms with Crippen molar-refractivity contribution < 1.29 is 63.1 Å². The smallest absolute Gasteiger partial charge is 0.462 e. The van der Waals surface area contributed by atoms with Crippen LogP contribution in [-0.2, 0) is 32.7 Å². The molecule has 0 radical (unpaired) electrons. The summed E-state index contributed by atoms with van der Waals surface area (Å²) in [6, 6.07) is 0. The molecule has 0 heterocycles. The summed E-state index contributed by atoms with van der Waals surface area (Å²) in [4.78, 5) is 35.5. The van der Waals surface area contributed by atoms with Gasteiger partial charge in [0.1, 0.15) is 43.2 Å². The van der Waals surface area contributed by atoms with Gasteiger partial charge < -0.3 is 39.9 Å². The van der Waals surface area contributed by atoms with Gasteiger partial charge >= 0.3 is 19.8 Å². The third-order valence-corrected chi connectivity index (χ3v) is 10.8. The first-order valence-corrected chi connectivity index (χ1v) is 22.5. The van der Waals surface area contributed by atoms with Gasteiger partial charge in [-0.1, -0.05) is 142 Å². The topological polar surface area (TPSA) is 210 Å². The van der Waals surface area contributed by atoms with Crippen molar-refractivity contribution in [2.24, 2.45) is 0 Å². The highest BCUT2D eigenvalue weighted by Crippen LogP contribution is 2.47. The zero-order valence-electron chi connectivity index (χ0n) is 33.3. The van der Waals surface area contributed by atoms with E-state index in [2.05, 4.69) is 26.0 Å². The molecule has 13 nitrogen and oxygen atoms in total. The van der Waals surface area contributed by atoms with Crippen LogP contribution < -0.4 is 0 Å². The normalized spacial score (nSPS) is 23.3. The number of carbonyl (C=O) groups excluding carboxylic acids is 2. The first kappa shape index (κ1) is 50.6. The zero-order valence-corrected chi connectivity index (χ0v) is 34.2. The quantitative estimate of drug-likeness (QED) is 0.0166. The maximum absolute atomic E-state index is 12.8. The molecule has 0 aromatic carbocycles. The number of phosphoric acid groups is 1. The highest BCUT2D eigenvalue weighted by atomic mass is 31.2. The van der Waals surface area contributed by atoms with E-state index in [9.17, 15) is 44.6 Å². The lowest BCUT2D eigenvalue weighted by Gasteiger charge is -2.41. The van der Waals surface area contributed by atoms with Gasteiger partial charge in [-0.2, -0.15) is 0 Å². The van der Waals surface area contributed by atoms with Crippen LogP contribution in [0.1, 0.15) is 174 Å². The molecule has 8 atom stereocenters. The maximum atomic E-state index is 12.8. The molecule has 1 fully saturated rings. The van der Waals surface area contributed by atoms with Crippen molar-refractivity contribution in [1.29, 1.82) is 0 Å². The summed E-state index contributed by atoms with van der Waals surface area (Å²) in [6.07, 6.45) is 17.1. The number of aliphatic hydroxyl groups is 5. The molecule has 14 heteroatoms. The number of hydrogen-bond donors (Lipinski definition) is 6. The fraction of sp³-hybridized carbons (Fsp3) is 0.900. The van der Waals surface area contributed by atoms with Crippen LogP contribution in [0.4, 0.5) is 0 Å². The van der Waals surface area contributed by atoms with Crippen LogP contribution in [0, 0.1) is 0 Å². The number of carbonyl (C=O) groups is 2. The molecule has 318 valence electrons. The van der Waals surface area contributed by atoms with Crippen molar-refractivity contribution in [3.05, 3.63) is 12.2 Å². The Balaban J connectivity index is 2.50. The molecular formula is C40H75O13P. The average Bonchev–Trinajstić information content (AvgIpc) is 3.15. The first-order chi connectivity index (χ1) is 25.9. The SMILES string of the molecule is CCCC/C=C/CCCCCCCC(=O)O[C@H](COC(=O)CCCCCCCCCCCCCCCC)COP(=O)(O)OC1C(O)C(O)C(O)[C@@H](O)C1O. The van der Waals surface area contributed by atoms with Crippen molar-refractivity contribution in [1.82, 2.24) is 0 Å². The van der Waals surface area contributed by atoms with Crippen LogP contribution in [0.15, 0.2) is 12.2 Å². The fourth-order valence-electron chi connectivity index (χ4n) is 6.39. The van der Waals surface area contributed by atoms with E-state index >= 15 is 0 Å². The van der Waals surface area contributed by atoms with E-state index in [1.54, 1.807) is 0 Å². The van der Waals surface area contributed by atoms with Gasteiger partial charge in [-0.05, 0) is 32.1 Å². The average molecular weight is 795 g/mol. The Morgan fingerprint density at radius 1 is 0.556 bits per heavy atom. The predicted octanol–water partition coefficient (Wildman–Crippen LogP) is 7.11. The highest BCUT2D eigenvalue weighted by molar-refractivity contribution is 7.47. The van der Waals surface area contributed by atoms with Crippen molar-refractivity contribution in [2.75, 3.05) is 13.2 Å². The molecule has 0 aromatic heterocycles. The predicted molar refractivity (Wildman–Crippen MR) is 207 cm³/mol. The summed E-state index contributed by atoms with van der Waals surface area (Å²) in [6.45, 7) is 3.23. The Kier molecular flexibility index (Phi) is 29.7. The molecule has 1 aliphatic rings. The van der Waals surface area contributed by atoms with E-state index in [0.717, 1.165) is 57.8 Å². The lowest BCUT2D eigenvalue weighted by molar-refractivity contribution is -0.220. The summed E-state index contributed by atoms with van der Waals surface area (Å²) >= 11 is 0. The molecule has 1 aliphatic carbocycles. The Bertz CT molecular complexity index is 1010. The summed E-state index contributed by atoms with van der Waals surface area (Å²) < 4.78 is 33.4. The first-order valence-electron chi connectivity index (χ1n) is 21.0. The van der Waals surface area contributed by atoms with Crippen LogP contribution in [0.5, 0.6) is 0 Å². The van der Waals surface area contributed by atoms with Gasteiger partial charge in [0.05, 0.1) is 6.61 Å². The van der Waals surface area contributed by atoms with Crippen molar-refractivity contribution in [3.8, 4) is 0 Å². The van der Waals surface area contributed by atoms with E-state index in [4.69, 9.17) is 18.5 Å². The van der Waals surface area contributed by atoms with Crippen molar-refractivity contribution in [3.63, 3.8) is 0 Å². The molecule has 0 bridgehead atoms. The Morgan fingerprint density at radius 3 is 1.46 bits per heavy atom. The van der Waals surface area contributed by atoms with Gasteiger partial charge in [-0.25, -0.2) is 4.57 Å². The monoisotopic (exact) mass is 794 g/mol. The summed E-state index contributed by atoms with van der Waals surface area (Å²) in [5, 5.41) is 50.0. The molecule has 0 saturated heterocycles. The van der Waals surface area contributed by atoms with Gasteiger partial charge in [-0.15, -0.1) is 0 Å². The van der Waals surface area contributed by atoms with E-state index in [0.29, 0.717) is 12.8 Å². The second kappa shape index (κ2) is 31.6. The van der Waals surface area contributed by atoms with Gasteiger partial charge in [0.2, 0.25) is 0 Å². The largest absolute Gasteiger partial charge is 0.472 e. The number of allylic oxidation sites excluding steroid dienone is 2. The lowest BCUT2D eigenvalue weighted by Crippen LogP contribution is -2.64. The number of unbranched alkanes of at least 4 members (excludes halogenated alkanes) is 20. The van der Waals surface area contributed by atoms with E-state index in [1.807, 2.05) is 0 Å². The Labute approximate surface area is 324 Å². The number of esters is 2. The molecule has 6 unspecified atom stereocenters. The molecule has 0 aromatic rings. The third-order valence-electron chi connectivity index (χ3n) is 9.86. The zero-order chi connectivity index (χ0) is 40.0. The molecule has 1 rings (SSSR count). The van der Waals surface area contributed by atoms with Crippen LogP contribution in [-0.4, -0.2) is 98.3 Å². The number of aliphatic hydroxyl groups excluding tert-OH is 5. The standard InChI is InChI=1S/C40H75O13P/c1-3-5-7-9-11-13-15-16-17-19-20-22-24-26-28-33(41)50-30-32(52-34(42)29-27-25-23-21-18-14-12-10-8-6-4-2)31-51-54(48,49)53-40-38(46)36(44)35(43)37(45)39(40)47/h10,12,32,35-40,43-47H,3-9,11,13-31H2,1-2H3,(H,48,49)/b12-10+/t32-,35?,36-,37?,38?,39?,40?/m1/s1. The van der Waals surface area contributed by atoms with Crippen molar-refractivity contribution in [2.45, 2.75) is 217 Å². The molecule has 0 aliphatic heterocycles. The number of ether oxygens (including phenoxy) is 2. The number of hydrogen-bond acceptors (Lipinski definition) is 12. The molecule has 0 spiro atoms. The molecule has 1 saturated carbocycles. The van der Waals surface area contributed by atoms with E-state index in [-0.39, 0.29) is 12.8 Å². The van der Waals surface area contributed by atoms with E-state index in [1.165, 1.54) is 77.0 Å². The Morgan fingerprint density at radius 2 is 0.963 bits per heavy atom. The molecular weight excluding hydrogens is 719 g/mol. The minimum Gasteiger partial charge on any atom is -0.462 e. The molecule has 6 N–H and O–H groups in total. The molecule has 54 heavy (non-hydrogen) atoms. The van der Waals surface area contributed by atoms with Gasteiger partial charge in [0.25, 0.3) is 0 Å². The summed E-state index contributed by atoms with van der Waals surface area (Å²) in [7, 11) is -5.11. The van der Waals surface area contributed by atoms with Gasteiger partial charge in [0, 0.05) is 12.8 Å². The van der Waals surface area contributed by atoms with E-state index < -0.39 is 75.7 Å². The second-order valence-corrected chi connectivity index (χ2v) is 16.3.